The topological polar surface area (TPSA) is 36.9 Å². The fourth-order valence-electron chi connectivity index (χ4n) is 1.39. The summed E-state index contributed by atoms with van der Waals surface area (Å²) in [7, 11) is 4.81. The van der Waals surface area contributed by atoms with Gasteiger partial charge in [-0.15, -0.1) is 0 Å². The lowest BCUT2D eigenvalue weighted by Crippen LogP contribution is -1.99. The van der Waals surface area contributed by atoms with E-state index in [0.717, 1.165) is 5.56 Å². The Morgan fingerprint density at radius 2 is 1.56 bits per heavy atom. The lowest BCUT2D eigenvalue weighted by Gasteiger charge is -2.14. The summed E-state index contributed by atoms with van der Waals surface area (Å²) in [6.45, 7) is 3.86. The molecule has 0 aromatic heterocycles. The highest BCUT2D eigenvalue weighted by atomic mass is 16.5. The van der Waals surface area contributed by atoms with Crippen LogP contribution in [0.15, 0.2) is 12.1 Å². The summed E-state index contributed by atoms with van der Waals surface area (Å²) in [5, 5.41) is 0. The van der Waals surface area contributed by atoms with Crippen LogP contribution in [0, 0.1) is 6.61 Å². The second kappa shape index (κ2) is 6.23. The highest BCUT2D eigenvalue weighted by Crippen LogP contribution is 2.34. The summed E-state index contributed by atoms with van der Waals surface area (Å²) in [5.41, 5.74) is 0.865. The maximum atomic E-state index is 5.27. The van der Waals surface area contributed by atoms with Crippen LogP contribution < -0.4 is 14.2 Å². The number of benzene rings is 1. The van der Waals surface area contributed by atoms with Crippen LogP contribution in [0.25, 0.3) is 0 Å². The van der Waals surface area contributed by atoms with Crippen molar-refractivity contribution in [2.45, 2.75) is 13.5 Å². The van der Waals surface area contributed by atoms with Gasteiger partial charge in [-0.1, -0.05) is 0 Å². The van der Waals surface area contributed by atoms with E-state index in [1.165, 1.54) is 0 Å². The van der Waals surface area contributed by atoms with Crippen molar-refractivity contribution in [1.82, 2.24) is 0 Å². The SMILES string of the molecule is C[CH]OCc1c(OC)cc(OC)cc1OC. The summed E-state index contributed by atoms with van der Waals surface area (Å²) in [6.07, 6.45) is 0. The Kier molecular flexibility index (Phi) is 4.92. The van der Waals surface area contributed by atoms with Crippen LogP contribution in [-0.2, 0) is 11.3 Å². The predicted molar refractivity (Wildman–Crippen MR) is 60.9 cm³/mol. The van der Waals surface area contributed by atoms with Gasteiger partial charge < -0.3 is 18.9 Å². The van der Waals surface area contributed by atoms with Crippen LogP contribution >= 0.6 is 0 Å². The molecule has 1 aromatic carbocycles. The third-order valence-electron chi connectivity index (χ3n) is 2.21. The van der Waals surface area contributed by atoms with Crippen LogP contribution in [-0.4, -0.2) is 21.3 Å². The molecule has 16 heavy (non-hydrogen) atoms. The van der Waals surface area contributed by atoms with Gasteiger partial charge in [0.1, 0.15) is 17.2 Å². The van der Waals surface area contributed by atoms with Gasteiger partial charge in [0.25, 0.3) is 0 Å². The van der Waals surface area contributed by atoms with E-state index in [4.69, 9.17) is 18.9 Å². The summed E-state index contributed by atoms with van der Waals surface area (Å²) < 4.78 is 20.9. The number of methoxy groups -OCH3 is 3. The maximum absolute atomic E-state index is 5.27. The molecule has 0 spiro atoms. The highest BCUT2D eigenvalue weighted by Gasteiger charge is 2.12. The van der Waals surface area contributed by atoms with E-state index in [1.807, 2.05) is 6.92 Å². The molecular weight excluding hydrogens is 208 g/mol. The van der Waals surface area contributed by atoms with Crippen molar-refractivity contribution in [3.8, 4) is 17.2 Å². The molecule has 0 aliphatic carbocycles. The van der Waals surface area contributed by atoms with E-state index < -0.39 is 0 Å². The quantitative estimate of drug-likeness (QED) is 0.745. The van der Waals surface area contributed by atoms with Crippen molar-refractivity contribution in [3.05, 3.63) is 24.3 Å². The van der Waals surface area contributed by atoms with Crippen LogP contribution in [0.3, 0.4) is 0 Å². The first-order valence-corrected chi connectivity index (χ1v) is 4.95. The zero-order valence-electron chi connectivity index (χ0n) is 10.1. The predicted octanol–water partition coefficient (Wildman–Crippen LogP) is 2.41. The average Bonchev–Trinajstić information content (AvgIpc) is 2.35. The minimum atomic E-state index is 0.410. The van der Waals surface area contributed by atoms with Gasteiger partial charge in [-0.2, -0.15) is 0 Å². The lowest BCUT2D eigenvalue weighted by molar-refractivity contribution is 0.183. The second-order valence-electron chi connectivity index (χ2n) is 3.06. The van der Waals surface area contributed by atoms with Crippen LogP contribution in [0.4, 0.5) is 0 Å². The number of hydrogen-bond acceptors (Lipinski definition) is 4. The first-order chi connectivity index (χ1) is 7.76. The van der Waals surface area contributed by atoms with Crippen molar-refractivity contribution < 1.29 is 18.9 Å². The van der Waals surface area contributed by atoms with E-state index in [9.17, 15) is 0 Å². The second-order valence-corrected chi connectivity index (χ2v) is 3.06. The number of rotatable bonds is 6. The number of hydrogen-bond donors (Lipinski definition) is 0. The summed E-state index contributed by atoms with van der Waals surface area (Å²) in [4.78, 5) is 0. The Hall–Kier alpha value is -1.42. The van der Waals surface area contributed by atoms with Gasteiger partial charge in [0.15, 0.2) is 0 Å². The molecule has 0 aliphatic heterocycles. The van der Waals surface area contributed by atoms with Crippen molar-refractivity contribution in [3.63, 3.8) is 0 Å². The van der Waals surface area contributed by atoms with Gasteiger partial charge in [-0.05, 0) is 6.92 Å². The largest absolute Gasteiger partial charge is 0.496 e. The molecule has 1 radical (unpaired) electrons. The smallest absolute Gasteiger partial charge is 0.131 e. The lowest BCUT2D eigenvalue weighted by atomic mass is 10.1. The van der Waals surface area contributed by atoms with Gasteiger partial charge >= 0.3 is 0 Å². The Morgan fingerprint density at radius 1 is 1.00 bits per heavy atom. The van der Waals surface area contributed by atoms with Gasteiger partial charge in [-0.3, -0.25) is 0 Å². The molecule has 1 aromatic rings. The van der Waals surface area contributed by atoms with E-state index in [2.05, 4.69) is 0 Å². The summed E-state index contributed by atoms with van der Waals surface area (Å²) in [6, 6.07) is 3.60. The standard InChI is InChI=1S/C12H17O4/c1-5-16-8-10-11(14-3)6-9(13-2)7-12(10)15-4/h5-7H,8H2,1-4H3. The molecule has 0 fully saturated rings. The van der Waals surface area contributed by atoms with Gasteiger partial charge in [0.05, 0.1) is 40.1 Å². The van der Waals surface area contributed by atoms with Crippen LogP contribution in [0.2, 0.25) is 0 Å². The fourth-order valence-corrected chi connectivity index (χ4v) is 1.39. The van der Waals surface area contributed by atoms with Crippen molar-refractivity contribution >= 4 is 0 Å². The number of ether oxygens (including phenoxy) is 4. The molecule has 0 aliphatic rings. The van der Waals surface area contributed by atoms with E-state index in [-0.39, 0.29) is 0 Å². The zero-order valence-corrected chi connectivity index (χ0v) is 10.1. The minimum absolute atomic E-state index is 0.410. The third kappa shape index (κ3) is 2.79. The van der Waals surface area contributed by atoms with Crippen LogP contribution in [0.5, 0.6) is 17.2 Å². The molecule has 0 bridgehead atoms. The first kappa shape index (κ1) is 12.6. The van der Waals surface area contributed by atoms with Gasteiger partial charge in [0, 0.05) is 12.1 Å². The van der Waals surface area contributed by atoms with Gasteiger partial charge in [0.2, 0.25) is 0 Å². The van der Waals surface area contributed by atoms with Crippen molar-refractivity contribution in [2.24, 2.45) is 0 Å². The Balaban J connectivity index is 3.09. The molecule has 0 saturated carbocycles. The van der Waals surface area contributed by atoms with E-state index >= 15 is 0 Å². The van der Waals surface area contributed by atoms with E-state index in [0.29, 0.717) is 23.9 Å². The molecule has 0 unspecified atom stereocenters. The molecule has 0 N–H and O–H groups in total. The average molecular weight is 225 g/mol. The normalized spacial score (nSPS) is 10.0. The molecular formula is C12H17O4. The Morgan fingerprint density at radius 3 is 1.94 bits per heavy atom. The Bertz CT molecular complexity index is 311. The van der Waals surface area contributed by atoms with Crippen molar-refractivity contribution in [2.75, 3.05) is 21.3 Å². The van der Waals surface area contributed by atoms with E-state index in [1.54, 1.807) is 40.1 Å². The molecule has 1 rings (SSSR count). The molecule has 0 amide bonds. The zero-order chi connectivity index (χ0) is 12.0. The molecule has 0 saturated heterocycles. The maximum Gasteiger partial charge on any atom is 0.131 e. The molecule has 4 nitrogen and oxygen atoms in total. The first-order valence-electron chi connectivity index (χ1n) is 4.95. The monoisotopic (exact) mass is 225 g/mol. The molecule has 89 valence electrons. The minimum Gasteiger partial charge on any atom is -0.496 e. The highest BCUT2D eigenvalue weighted by molar-refractivity contribution is 5.50. The molecule has 4 heteroatoms. The molecule has 0 heterocycles. The summed E-state index contributed by atoms with van der Waals surface area (Å²) in [5.74, 6) is 2.08. The van der Waals surface area contributed by atoms with Gasteiger partial charge in [-0.25, -0.2) is 0 Å². The Labute approximate surface area is 96.1 Å². The summed E-state index contributed by atoms with van der Waals surface area (Å²) >= 11 is 0. The third-order valence-corrected chi connectivity index (χ3v) is 2.21. The fraction of sp³-hybridized carbons (Fsp3) is 0.417. The molecule has 0 atom stereocenters. The van der Waals surface area contributed by atoms with Crippen molar-refractivity contribution in [1.29, 1.82) is 0 Å². The van der Waals surface area contributed by atoms with Crippen LogP contribution in [0.1, 0.15) is 12.5 Å².